The molecule has 7 heteroatoms. The third kappa shape index (κ3) is 8.17. The fourth-order valence-electron chi connectivity index (χ4n) is 2.57. The smallest absolute Gasteiger partial charge is 0.242 e. The van der Waals surface area contributed by atoms with Crippen molar-refractivity contribution in [2.45, 2.75) is 78.8 Å². The summed E-state index contributed by atoms with van der Waals surface area (Å²) in [4.78, 5) is 36.3. The first kappa shape index (κ1) is 22.4. The summed E-state index contributed by atoms with van der Waals surface area (Å²) in [5.41, 5.74) is -1.01. The van der Waals surface area contributed by atoms with Gasteiger partial charge in [0.1, 0.15) is 6.04 Å². The molecule has 3 amide bonds. The van der Waals surface area contributed by atoms with Gasteiger partial charge in [-0.05, 0) is 37.5 Å². The van der Waals surface area contributed by atoms with Crippen molar-refractivity contribution in [2.75, 3.05) is 13.2 Å². The second-order valence-electron chi connectivity index (χ2n) is 9.50. The van der Waals surface area contributed by atoms with Gasteiger partial charge in [0.25, 0.3) is 0 Å². The third-order valence-electron chi connectivity index (χ3n) is 4.60. The van der Waals surface area contributed by atoms with E-state index in [2.05, 4.69) is 22.9 Å². The molecule has 1 aliphatic rings. The van der Waals surface area contributed by atoms with Crippen LogP contribution in [0.3, 0.4) is 0 Å². The number of carbonyl (C=O) groups excluding carboxylic acids is 3. The lowest BCUT2D eigenvalue weighted by Crippen LogP contribution is -2.58. The lowest BCUT2D eigenvalue weighted by molar-refractivity contribution is -0.130. The van der Waals surface area contributed by atoms with E-state index in [4.69, 9.17) is 0 Å². The minimum absolute atomic E-state index is 0.0789. The molecule has 2 atom stereocenters. The molecule has 0 aromatic carbocycles. The van der Waals surface area contributed by atoms with Crippen LogP contribution < -0.4 is 16.0 Å². The Morgan fingerprint density at radius 2 is 1.69 bits per heavy atom. The topological polar surface area (TPSA) is 108 Å². The van der Waals surface area contributed by atoms with Gasteiger partial charge in [0, 0.05) is 19.4 Å². The lowest BCUT2D eigenvalue weighted by atomic mass is 9.92. The van der Waals surface area contributed by atoms with Gasteiger partial charge in [-0.15, -0.1) is 0 Å². The standard InChI is InChI=1S/C19H35N3O4/c1-13(21-14(24)9-17(2,3)4)16(26)20-11-19(6,12-23)22-15(25)10-18(5)7-8-18/h13,23H,7-12H2,1-6H3,(H,20,26)(H,21,24)(H,22,25). The second kappa shape index (κ2) is 8.37. The molecule has 26 heavy (non-hydrogen) atoms. The molecule has 7 nitrogen and oxygen atoms in total. The third-order valence-corrected chi connectivity index (χ3v) is 4.60. The van der Waals surface area contributed by atoms with Crippen molar-refractivity contribution in [3.05, 3.63) is 0 Å². The summed E-state index contributed by atoms with van der Waals surface area (Å²) in [6.07, 6.45) is 2.83. The Hall–Kier alpha value is -1.63. The highest BCUT2D eigenvalue weighted by atomic mass is 16.3. The average molecular weight is 370 g/mol. The number of aliphatic hydroxyl groups is 1. The largest absolute Gasteiger partial charge is 0.394 e. The van der Waals surface area contributed by atoms with Crippen LogP contribution in [0.15, 0.2) is 0 Å². The summed E-state index contributed by atoms with van der Waals surface area (Å²) in [5.74, 6) is -0.659. The molecule has 0 radical (unpaired) electrons. The molecule has 0 heterocycles. The Balaban J connectivity index is 2.46. The molecule has 0 aromatic rings. The SMILES string of the molecule is CC(NC(=O)CC(C)(C)C)C(=O)NCC(C)(CO)NC(=O)CC1(C)CC1. The van der Waals surface area contributed by atoms with Crippen molar-refractivity contribution in [1.29, 1.82) is 0 Å². The molecule has 4 N–H and O–H groups in total. The number of rotatable bonds is 9. The first-order valence-electron chi connectivity index (χ1n) is 9.27. The zero-order valence-corrected chi connectivity index (χ0v) is 17.0. The van der Waals surface area contributed by atoms with E-state index in [0.29, 0.717) is 12.8 Å². The monoisotopic (exact) mass is 369 g/mol. The van der Waals surface area contributed by atoms with Gasteiger partial charge in [0.15, 0.2) is 0 Å². The maximum Gasteiger partial charge on any atom is 0.242 e. The Morgan fingerprint density at radius 1 is 1.12 bits per heavy atom. The van der Waals surface area contributed by atoms with Crippen LogP contribution in [0.1, 0.15) is 67.2 Å². The highest BCUT2D eigenvalue weighted by Crippen LogP contribution is 2.48. The van der Waals surface area contributed by atoms with E-state index < -0.39 is 11.6 Å². The van der Waals surface area contributed by atoms with Crippen molar-refractivity contribution in [3.8, 4) is 0 Å². The minimum Gasteiger partial charge on any atom is -0.394 e. The summed E-state index contributed by atoms with van der Waals surface area (Å²) in [6, 6.07) is -0.686. The van der Waals surface area contributed by atoms with Gasteiger partial charge in [-0.2, -0.15) is 0 Å². The Morgan fingerprint density at radius 3 is 2.15 bits per heavy atom. The van der Waals surface area contributed by atoms with Gasteiger partial charge in [0.05, 0.1) is 12.1 Å². The normalized spacial score (nSPS) is 19.0. The van der Waals surface area contributed by atoms with Crippen molar-refractivity contribution in [1.82, 2.24) is 16.0 Å². The molecule has 1 fully saturated rings. The number of hydrogen-bond donors (Lipinski definition) is 4. The van der Waals surface area contributed by atoms with E-state index in [9.17, 15) is 19.5 Å². The summed E-state index contributed by atoms with van der Waals surface area (Å²) in [5, 5.41) is 17.8. The van der Waals surface area contributed by atoms with E-state index in [-0.39, 0.29) is 41.7 Å². The van der Waals surface area contributed by atoms with Crippen LogP contribution in [0.4, 0.5) is 0 Å². The van der Waals surface area contributed by atoms with Gasteiger partial charge in [-0.1, -0.05) is 27.7 Å². The van der Waals surface area contributed by atoms with Crippen LogP contribution in [-0.2, 0) is 14.4 Å². The molecule has 1 aliphatic carbocycles. The van der Waals surface area contributed by atoms with Gasteiger partial charge >= 0.3 is 0 Å². The van der Waals surface area contributed by atoms with Gasteiger partial charge in [0.2, 0.25) is 17.7 Å². The van der Waals surface area contributed by atoms with Crippen LogP contribution >= 0.6 is 0 Å². The van der Waals surface area contributed by atoms with Crippen molar-refractivity contribution in [3.63, 3.8) is 0 Å². The van der Waals surface area contributed by atoms with Gasteiger partial charge in [-0.25, -0.2) is 0 Å². The minimum atomic E-state index is -0.937. The molecule has 0 saturated heterocycles. The lowest BCUT2D eigenvalue weighted by Gasteiger charge is -2.30. The van der Waals surface area contributed by atoms with Crippen molar-refractivity contribution < 1.29 is 19.5 Å². The number of amides is 3. The fraction of sp³-hybridized carbons (Fsp3) is 0.842. The number of carbonyl (C=O) groups is 3. The van der Waals surface area contributed by atoms with Crippen molar-refractivity contribution in [2.24, 2.45) is 10.8 Å². The molecule has 0 spiro atoms. The van der Waals surface area contributed by atoms with Gasteiger partial charge in [-0.3, -0.25) is 14.4 Å². The number of aliphatic hydroxyl groups excluding tert-OH is 1. The quantitative estimate of drug-likeness (QED) is 0.488. The number of hydrogen-bond acceptors (Lipinski definition) is 4. The molecule has 1 saturated carbocycles. The Kier molecular flexibility index (Phi) is 7.22. The van der Waals surface area contributed by atoms with Crippen LogP contribution in [0.25, 0.3) is 0 Å². The first-order chi connectivity index (χ1) is 11.8. The van der Waals surface area contributed by atoms with Crippen LogP contribution in [-0.4, -0.2) is 47.6 Å². The van der Waals surface area contributed by atoms with E-state index in [1.54, 1.807) is 13.8 Å². The second-order valence-corrected chi connectivity index (χ2v) is 9.50. The van der Waals surface area contributed by atoms with E-state index >= 15 is 0 Å². The van der Waals surface area contributed by atoms with Gasteiger partial charge < -0.3 is 21.1 Å². The Labute approximate surface area is 156 Å². The van der Waals surface area contributed by atoms with E-state index in [1.807, 2.05) is 20.8 Å². The molecular formula is C19H35N3O4. The summed E-state index contributed by atoms with van der Waals surface area (Å²) in [7, 11) is 0. The molecule has 0 aliphatic heterocycles. The van der Waals surface area contributed by atoms with Crippen LogP contribution in [0.5, 0.6) is 0 Å². The summed E-state index contributed by atoms with van der Waals surface area (Å²) >= 11 is 0. The first-order valence-corrected chi connectivity index (χ1v) is 9.27. The average Bonchev–Trinajstić information content (AvgIpc) is 3.19. The Bertz CT molecular complexity index is 537. The maximum atomic E-state index is 12.2. The maximum absolute atomic E-state index is 12.2. The molecule has 0 bridgehead atoms. The predicted molar refractivity (Wildman–Crippen MR) is 100 cm³/mol. The molecular weight excluding hydrogens is 334 g/mol. The molecule has 2 unspecified atom stereocenters. The highest BCUT2D eigenvalue weighted by Gasteiger charge is 2.40. The zero-order valence-electron chi connectivity index (χ0n) is 17.0. The fourth-order valence-corrected chi connectivity index (χ4v) is 2.57. The van der Waals surface area contributed by atoms with Crippen molar-refractivity contribution >= 4 is 17.7 Å². The number of nitrogens with one attached hydrogen (secondary N) is 3. The van der Waals surface area contributed by atoms with Crippen LogP contribution in [0, 0.1) is 10.8 Å². The summed E-state index contributed by atoms with van der Waals surface area (Å²) in [6.45, 7) is 11.0. The predicted octanol–water partition coefficient (Wildman–Crippen LogP) is 1.10. The molecule has 150 valence electrons. The van der Waals surface area contributed by atoms with Crippen LogP contribution in [0.2, 0.25) is 0 Å². The molecule has 1 rings (SSSR count). The summed E-state index contributed by atoms with van der Waals surface area (Å²) < 4.78 is 0. The van der Waals surface area contributed by atoms with E-state index in [0.717, 1.165) is 12.8 Å². The van der Waals surface area contributed by atoms with E-state index in [1.165, 1.54) is 0 Å². The zero-order chi connectivity index (χ0) is 20.2. The molecule has 0 aromatic heterocycles. The highest BCUT2D eigenvalue weighted by molar-refractivity contribution is 5.87.